The molecule has 17 heavy (non-hydrogen) atoms. The minimum atomic E-state index is 0.208. The molecular formula is C12H19BrN2S2. The van der Waals surface area contributed by atoms with Crippen molar-refractivity contribution in [2.75, 3.05) is 25.1 Å². The third-order valence-electron chi connectivity index (χ3n) is 3.51. The Morgan fingerprint density at radius 3 is 2.94 bits per heavy atom. The topological polar surface area (TPSA) is 29.3 Å². The zero-order valence-corrected chi connectivity index (χ0v) is 13.3. The van der Waals surface area contributed by atoms with Gasteiger partial charge in [-0.2, -0.15) is 11.8 Å². The van der Waals surface area contributed by atoms with E-state index in [9.17, 15) is 0 Å². The standard InChI is InChI=1S/C12H19BrN2S2/c1-15(6-11-5-10(13)7-17-11)12(8-14)3-2-4-16-9-12/h5,7H,2-4,6,8-9,14H2,1H3. The van der Waals surface area contributed by atoms with Crippen LogP contribution in [0.1, 0.15) is 17.7 Å². The van der Waals surface area contributed by atoms with Gasteiger partial charge in [-0.1, -0.05) is 0 Å². The number of nitrogens with zero attached hydrogens (tertiary/aromatic N) is 1. The fourth-order valence-electron chi connectivity index (χ4n) is 2.29. The van der Waals surface area contributed by atoms with Gasteiger partial charge in [0.05, 0.1) is 0 Å². The highest BCUT2D eigenvalue weighted by Gasteiger charge is 2.35. The molecule has 1 aromatic rings. The van der Waals surface area contributed by atoms with Crippen molar-refractivity contribution in [2.24, 2.45) is 5.73 Å². The number of thiophene rings is 1. The summed E-state index contributed by atoms with van der Waals surface area (Å²) in [5.41, 5.74) is 6.24. The predicted octanol–water partition coefficient (Wildman–Crippen LogP) is 3.17. The van der Waals surface area contributed by atoms with Crippen molar-refractivity contribution < 1.29 is 0 Å². The van der Waals surface area contributed by atoms with Gasteiger partial charge in [-0.15, -0.1) is 11.3 Å². The Balaban J connectivity index is 2.04. The zero-order valence-electron chi connectivity index (χ0n) is 10.1. The number of rotatable bonds is 4. The molecule has 2 nitrogen and oxygen atoms in total. The highest BCUT2D eigenvalue weighted by molar-refractivity contribution is 9.10. The number of hydrogen-bond donors (Lipinski definition) is 1. The van der Waals surface area contributed by atoms with Crippen LogP contribution in [-0.2, 0) is 6.54 Å². The maximum atomic E-state index is 6.04. The van der Waals surface area contributed by atoms with E-state index in [-0.39, 0.29) is 5.54 Å². The molecule has 1 fully saturated rings. The minimum absolute atomic E-state index is 0.208. The summed E-state index contributed by atoms with van der Waals surface area (Å²) < 4.78 is 1.19. The maximum Gasteiger partial charge on any atom is 0.0423 e. The fourth-order valence-corrected chi connectivity index (χ4v) is 5.15. The molecule has 0 spiro atoms. The second-order valence-electron chi connectivity index (χ2n) is 4.67. The SMILES string of the molecule is CN(Cc1cc(Br)cs1)C1(CN)CCCSC1. The summed E-state index contributed by atoms with van der Waals surface area (Å²) in [6, 6.07) is 2.21. The molecule has 0 bridgehead atoms. The van der Waals surface area contributed by atoms with Crippen LogP contribution < -0.4 is 5.73 Å². The number of hydrogen-bond acceptors (Lipinski definition) is 4. The molecule has 0 aromatic carbocycles. The summed E-state index contributed by atoms with van der Waals surface area (Å²) in [5, 5.41) is 2.15. The summed E-state index contributed by atoms with van der Waals surface area (Å²) in [6.45, 7) is 1.77. The van der Waals surface area contributed by atoms with Crippen molar-refractivity contribution in [3.63, 3.8) is 0 Å². The van der Waals surface area contributed by atoms with Gasteiger partial charge in [0, 0.05) is 39.1 Å². The van der Waals surface area contributed by atoms with E-state index in [4.69, 9.17) is 5.73 Å². The van der Waals surface area contributed by atoms with E-state index in [2.05, 4.69) is 39.3 Å². The highest BCUT2D eigenvalue weighted by Crippen LogP contribution is 2.32. The third-order valence-corrected chi connectivity index (χ3v) is 6.51. The molecule has 1 unspecified atom stereocenters. The fraction of sp³-hybridized carbons (Fsp3) is 0.667. The molecule has 1 aliphatic rings. The summed E-state index contributed by atoms with van der Waals surface area (Å²) in [5.74, 6) is 2.46. The van der Waals surface area contributed by atoms with Crippen molar-refractivity contribution in [1.82, 2.24) is 4.90 Å². The van der Waals surface area contributed by atoms with E-state index < -0.39 is 0 Å². The lowest BCUT2D eigenvalue weighted by Crippen LogP contribution is -2.55. The number of halogens is 1. The predicted molar refractivity (Wildman–Crippen MR) is 81.8 cm³/mol. The van der Waals surface area contributed by atoms with Crippen LogP contribution in [0.15, 0.2) is 15.9 Å². The largest absolute Gasteiger partial charge is 0.329 e. The quantitative estimate of drug-likeness (QED) is 0.916. The molecule has 0 amide bonds. The Kier molecular flexibility index (Phi) is 4.95. The lowest BCUT2D eigenvalue weighted by molar-refractivity contribution is 0.128. The third kappa shape index (κ3) is 3.26. The Bertz CT molecular complexity index is 361. The molecule has 1 aliphatic heterocycles. The Morgan fingerprint density at radius 1 is 1.59 bits per heavy atom. The van der Waals surface area contributed by atoms with Crippen LogP contribution in [0.2, 0.25) is 0 Å². The Labute approximate surface area is 120 Å². The first-order chi connectivity index (χ1) is 8.16. The summed E-state index contributed by atoms with van der Waals surface area (Å²) in [6.07, 6.45) is 2.53. The van der Waals surface area contributed by atoms with Crippen LogP contribution in [0.4, 0.5) is 0 Å². The zero-order chi connectivity index (χ0) is 12.3. The first-order valence-corrected chi connectivity index (χ1v) is 8.71. The molecule has 96 valence electrons. The van der Waals surface area contributed by atoms with Crippen molar-refractivity contribution in [1.29, 1.82) is 0 Å². The molecule has 1 saturated heterocycles. The van der Waals surface area contributed by atoms with E-state index in [1.54, 1.807) is 0 Å². The van der Waals surface area contributed by atoms with Crippen LogP contribution in [-0.4, -0.2) is 35.5 Å². The Morgan fingerprint density at radius 2 is 2.41 bits per heavy atom. The van der Waals surface area contributed by atoms with Gasteiger partial charge in [0.15, 0.2) is 0 Å². The molecule has 1 aromatic heterocycles. The molecule has 1 atom stereocenters. The second kappa shape index (κ2) is 6.06. The van der Waals surface area contributed by atoms with Crippen molar-refractivity contribution in [3.05, 3.63) is 20.8 Å². The first-order valence-electron chi connectivity index (χ1n) is 5.88. The van der Waals surface area contributed by atoms with Gasteiger partial charge in [-0.25, -0.2) is 0 Å². The Hall–Kier alpha value is 0.450. The molecule has 2 heterocycles. The van der Waals surface area contributed by atoms with Crippen LogP contribution in [0, 0.1) is 0 Å². The molecule has 5 heteroatoms. The normalized spacial score (nSPS) is 25.4. The van der Waals surface area contributed by atoms with Crippen LogP contribution in [0.25, 0.3) is 0 Å². The maximum absolute atomic E-state index is 6.04. The van der Waals surface area contributed by atoms with Gasteiger partial charge in [0.1, 0.15) is 0 Å². The van der Waals surface area contributed by atoms with E-state index >= 15 is 0 Å². The molecule has 0 radical (unpaired) electrons. The van der Waals surface area contributed by atoms with Crippen molar-refractivity contribution in [2.45, 2.75) is 24.9 Å². The minimum Gasteiger partial charge on any atom is -0.329 e. The molecular weight excluding hydrogens is 316 g/mol. The number of likely N-dealkylation sites (N-methyl/N-ethyl adjacent to an activating group) is 1. The summed E-state index contributed by atoms with van der Waals surface area (Å²) in [7, 11) is 2.21. The molecule has 0 aliphatic carbocycles. The molecule has 2 N–H and O–H groups in total. The van der Waals surface area contributed by atoms with Gasteiger partial charge in [0.2, 0.25) is 0 Å². The van der Waals surface area contributed by atoms with E-state index in [0.717, 1.165) is 13.1 Å². The monoisotopic (exact) mass is 334 g/mol. The second-order valence-corrected chi connectivity index (χ2v) is 7.69. The average Bonchev–Trinajstić information content (AvgIpc) is 2.75. The van der Waals surface area contributed by atoms with Crippen LogP contribution in [0.5, 0.6) is 0 Å². The van der Waals surface area contributed by atoms with Gasteiger partial charge >= 0.3 is 0 Å². The van der Waals surface area contributed by atoms with Gasteiger partial charge in [0.25, 0.3) is 0 Å². The van der Waals surface area contributed by atoms with Crippen LogP contribution in [0.3, 0.4) is 0 Å². The van der Waals surface area contributed by atoms with E-state index in [1.807, 2.05) is 23.1 Å². The van der Waals surface area contributed by atoms with E-state index in [0.29, 0.717) is 0 Å². The summed E-state index contributed by atoms with van der Waals surface area (Å²) in [4.78, 5) is 3.86. The smallest absolute Gasteiger partial charge is 0.0423 e. The van der Waals surface area contributed by atoms with Gasteiger partial charge < -0.3 is 5.73 Å². The molecule has 0 saturated carbocycles. The van der Waals surface area contributed by atoms with Gasteiger partial charge in [-0.3, -0.25) is 4.90 Å². The lowest BCUT2D eigenvalue weighted by atomic mass is 9.93. The van der Waals surface area contributed by atoms with Crippen molar-refractivity contribution in [3.8, 4) is 0 Å². The van der Waals surface area contributed by atoms with Crippen LogP contribution >= 0.6 is 39.0 Å². The number of thioether (sulfide) groups is 1. The summed E-state index contributed by atoms with van der Waals surface area (Å²) >= 11 is 7.37. The van der Waals surface area contributed by atoms with Crippen molar-refractivity contribution >= 4 is 39.0 Å². The average molecular weight is 335 g/mol. The van der Waals surface area contributed by atoms with E-state index in [1.165, 1.54) is 33.7 Å². The van der Waals surface area contributed by atoms with Gasteiger partial charge in [-0.05, 0) is 47.6 Å². The highest BCUT2D eigenvalue weighted by atomic mass is 79.9. The number of nitrogens with two attached hydrogens (primary N) is 1. The lowest BCUT2D eigenvalue weighted by Gasteiger charge is -2.43. The molecule has 2 rings (SSSR count). The first kappa shape index (κ1) is 13.9.